The first-order chi connectivity index (χ1) is 19.1. The molecule has 1 aliphatic heterocycles. The molecule has 1 aromatic heterocycles. The second kappa shape index (κ2) is 16.0. The van der Waals surface area contributed by atoms with E-state index in [0.717, 1.165) is 38.5 Å². The fourth-order valence-corrected chi connectivity index (χ4v) is 4.39. The summed E-state index contributed by atoms with van der Waals surface area (Å²) in [5.41, 5.74) is 0.512. The summed E-state index contributed by atoms with van der Waals surface area (Å²) in [5, 5.41) is 12.0. The Bertz CT molecular complexity index is 1210. The number of unbranched alkanes of at least 4 members (excludes halogenated alkanes) is 3. The number of piperidine rings is 1. The van der Waals surface area contributed by atoms with E-state index in [1.165, 1.54) is 19.2 Å². The molecule has 0 saturated carbocycles. The van der Waals surface area contributed by atoms with Gasteiger partial charge < -0.3 is 24.4 Å². The van der Waals surface area contributed by atoms with E-state index in [1.54, 1.807) is 12.1 Å². The van der Waals surface area contributed by atoms with Crippen molar-refractivity contribution in [3.63, 3.8) is 0 Å². The fraction of sp³-hybridized carbons (Fsp3) is 0.533. The molecule has 2 heterocycles. The Kier molecular flexibility index (Phi) is 13.1. The van der Waals surface area contributed by atoms with Crippen molar-refractivity contribution in [1.82, 2.24) is 10.3 Å². The summed E-state index contributed by atoms with van der Waals surface area (Å²) in [4.78, 5) is 30.3. The zero-order valence-corrected chi connectivity index (χ0v) is 25.0. The Morgan fingerprint density at radius 3 is 2.46 bits per heavy atom. The Labute approximate surface area is 247 Å². The third-order valence-corrected chi connectivity index (χ3v) is 6.48. The number of alkyl carbamates (subject to hydrolysis) is 1. The number of amides is 1. The van der Waals surface area contributed by atoms with Gasteiger partial charge in [-0.05, 0) is 58.6 Å². The molecule has 0 aliphatic carbocycles. The summed E-state index contributed by atoms with van der Waals surface area (Å²) >= 11 is 0. The molecule has 0 spiro atoms. The van der Waals surface area contributed by atoms with Crippen LogP contribution in [0.25, 0.3) is 11.3 Å². The maximum absolute atomic E-state index is 14.4. The van der Waals surface area contributed by atoms with E-state index in [4.69, 9.17) is 19.7 Å². The lowest BCUT2D eigenvalue weighted by molar-refractivity contribution is -0.140. The van der Waals surface area contributed by atoms with Crippen LogP contribution in [-0.4, -0.2) is 55.5 Å². The summed E-state index contributed by atoms with van der Waals surface area (Å²) < 4.78 is 30.5. The number of nitrogens with zero attached hydrogens (tertiary/aromatic N) is 3. The van der Waals surface area contributed by atoms with Crippen molar-refractivity contribution in [2.24, 2.45) is 0 Å². The number of hydrogen-bond donors (Lipinski definition) is 1. The van der Waals surface area contributed by atoms with Crippen LogP contribution in [-0.2, 0) is 14.3 Å². The van der Waals surface area contributed by atoms with Crippen LogP contribution in [0.5, 0.6) is 5.75 Å². The molecule has 1 aliphatic rings. The maximum atomic E-state index is 14.4. The predicted octanol–water partition coefficient (Wildman–Crippen LogP) is 6.18. The summed E-state index contributed by atoms with van der Waals surface area (Å²) in [6, 6.07) is 9.93. The Hall–Kier alpha value is -3.58. The molecule has 11 heteroatoms. The van der Waals surface area contributed by atoms with Crippen molar-refractivity contribution < 1.29 is 28.2 Å². The maximum Gasteiger partial charge on any atom is 0.407 e. The highest BCUT2D eigenvalue weighted by Crippen LogP contribution is 2.30. The lowest BCUT2D eigenvalue weighted by Crippen LogP contribution is -2.46. The van der Waals surface area contributed by atoms with Gasteiger partial charge in [-0.25, -0.2) is 14.2 Å². The van der Waals surface area contributed by atoms with E-state index in [1.807, 2.05) is 32.9 Å². The first kappa shape index (κ1) is 33.6. The molecule has 1 N–H and O–H groups in total. The minimum atomic E-state index is -0.601. The lowest BCUT2D eigenvalue weighted by Gasteiger charge is -2.34. The van der Waals surface area contributed by atoms with Gasteiger partial charge in [0.2, 0.25) is 0 Å². The monoisotopic (exact) mass is 590 g/mol. The van der Waals surface area contributed by atoms with Crippen LogP contribution >= 0.6 is 12.4 Å². The van der Waals surface area contributed by atoms with Crippen LogP contribution in [0.1, 0.15) is 71.3 Å². The van der Waals surface area contributed by atoms with E-state index in [9.17, 15) is 14.0 Å². The average Bonchev–Trinajstić information content (AvgIpc) is 2.91. The Balaban J connectivity index is 0.00000588. The number of ether oxygens (including phenoxy) is 3. The van der Waals surface area contributed by atoms with Gasteiger partial charge in [-0.2, -0.15) is 5.26 Å². The number of nitrogens with one attached hydrogen (secondary N) is 1. The van der Waals surface area contributed by atoms with Gasteiger partial charge in [-0.1, -0.05) is 18.9 Å². The molecule has 1 fully saturated rings. The molecule has 3 rings (SSSR count). The number of halogens is 2. The second-order valence-corrected chi connectivity index (χ2v) is 10.8. The van der Waals surface area contributed by atoms with Gasteiger partial charge >= 0.3 is 12.1 Å². The molecular weight excluding hydrogens is 551 g/mol. The van der Waals surface area contributed by atoms with Gasteiger partial charge in [0.15, 0.2) is 0 Å². The van der Waals surface area contributed by atoms with Gasteiger partial charge in [-0.15, -0.1) is 12.4 Å². The van der Waals surface area contributed by atoms with E-state index in [-0.39, 0.29) is 30.0 Å². The number of aromatic nitrogens is 1. The highest BCUT2D eigenvalue weighted by Gasteiger charge is 2.25. The van der Waals surface area contributed by atoms with Gasteiger partial charge in [0.25, 0.3) is 0 Å². The summed E-state index contributed by atoms with van der Waals surface area (Å²) in [6.45, 7) is 7.32. The van der Waals surface area contributed by atoms with Crippen molar-refractivity contribution in [2.45, 2.75) is 77.4 Å². The number of methoxy groups -OCH3 is 1. The SMILES string of the molecule is COC(=O)CCCCCCOc1cc(-c2ccc(C#N)c(F)c2)nc(N2CCC(NC(=O)OC(C)(C)C)CC2)c1.Cl. The molecule has 0 bridgehead atoms. The van der Waals surface area contributed by atoms with Crippen LogP contribution in [0.15, 0.2) is 30.3 Å². The normalized spacial score (nSPS) is 13.5. The second-order valence-electron chi connectivity index (χ2n) is 10.8. The van der Waals surface area contributed by atoms with Crippen LogP contribution in [0, 0.1) is 17.1 Å². The summed E-state index contributed by atoms with van der Waals surface area (Å²) in [6.07, 6.45) is 4.86. The molecule has 0 radical (unpaired) electrons. The van der Waals surface area contributed by atoms with Gasteiger partial charge in [0.05, 0.1) is 25.0 Å². The standard InChI is InChI=1S/C30H39FN4O5.ClH/c1-30(2,3)40-29(37)33-23-12-14-35(15-13-23)27-19-24(39-16-8-6-5-7-9-28(36)38-4)18-26(34-27)21-10-11-22(20-32)25(31)17-21;/h10-11,17-19,23H,5-9,12-16H2,1-4H3,(H,33,37);1H. The summed E-state index contributed by atoms with van der Waals surface area (Å²) in [5.74, 6) is 0.520. The number of rotatable bonds is 11. The van der Waals surface area contributed by atoms with Gasteiger partial charge in [0, 0.05) is 43.2 Å². The van der Waals surface area contributed by atoms with Crippen molar-refractivity contribution in [2.75, 3.05) is 31.7 Å². The number of pyridine rings is 1. The number of carbonyl (C=O) groups is 2. The van der Waals surface area contributed by atoms with Crippen molar-refractivity contribution in [3.05, 3.63) is 41.7 Å². The largest absolute Gasteiger partial charge is 0.493 e. The van der Waals surface area contributed by atoms with E-state index in [0.29, 0.717) is 48.9 Å². The van der Waals surface area contributed by atoms with E-state index < -0.39 is 17.5 Å². The number of nitriles is 1. The van der Waals surface area contributed by atoms with Gasteiger partial charge in [0.1, 0.15) is 29.1 Å². The van der Waals surface area contributed by atoms with E-state index in [2.05, 4.69) is 15.0 Å². The number of benzene rings is 1. The van der Waals surface area contributed by atoms with Gasteiger partial charge in [-0.3, -0.25) is 4.79 Å². The fourth-order valence-electron chi connectivity index (χ4n) is 4.39. The van der Waals surface area contributed by atoms with Crippen molar-refractivity contribution in [1.29, 1.82) is 5.26 Å². The Morgan fingerprint density at radius 2 is 1.83 bits per heavy atom. The average molecular weight is 591 g/mol. The van der Waals surface area contributed by atoms with Crippen LogP contribution in [0.3, 0.4) is 0 Å². The molecule has 224 valence electrons. The zero-order chi connectivity index (χ0) is 29.1. The highest BCUT2D eigenvalue weighted by atomic mass is 35.5. The third kappa shape index (κ3) is 11.1. The van der Waals surface area contributed by atoms with E-state index >= 15 is 0 Å². The summed E-state index contributed by atoms with van der Waals surface area (Å²) in [7, 11) is 1.39. The van der Waals surface area contributed by atoms with Crippen LogP contribution in [0.4, 0.5) is 15.0 Å². The molecular formula is C30H40ClFN4O5. The van der Waals surface area contributed by atoms with Crippen LogP contribution in [0.2, 0.25) is 0 Å². The van der Waals surface area contributed by atoms with Crippen molar-refractivity contribution in [3.8, 4) is 23.1 Å². The highest BCUT2D eigenvalue weighted by molar-refractivity contribution is 5.85. The quantitative estimate of drug-likeness (QED) is 0.244. The topological polar surface area (TPSA) is 114 Å². The lowest BCUT2D eigenvalue weighted by atomic mass is 10.0. The number of hydrogen-bond acceptors (Lipinski definition) is 8. The Morgan fingerprint density at radius 1 is 1.12 bits per heavy atom. The molecule has 0 atom stereocenters. The minimum absolute atomic E-state index is 0. The molecule has 2 aromatic rings. The number of esters is 1. The van der Waals surface area contributed by atoms with Crippen LogP contribution < -0.4 is 15.0 Å². The number of anilines is 1. The number of carbonyl (C=O) groups excluding carboxylic acids is 2. The zero-order valence-electron chi connectivity index (χ0n) is 24.2. The molecule has 1 amide bonds. The first-order valence-electron chi connectivity index (χ1n) is 13.7. The third-order valence-electron chi connectivity index (χ3n) is 6.48. The smallest absolute Gasteiger partial charge is 0.407 e. The first-order valence-corrected chi connectivity index (χ1v) is 13.7. The minimum Gasteiger partial charge on any atom is -0.493 e. The molecule has 0 unspecified atom stereocenters. The molecule has 1 saturated heterocycles. The predicted molar refractivity (Wildman–Crippen MR) is 157 cm³/mol. The molecule has 41 heavy (non-hydrogen) atoms. The molecule has 9 nitrogen and oxygen atoms in total. The molecule has 1 aromatic carbocycles. The van der Waals surface area contributed by atoms with Crippen molar-refractivity contribution >= 4 is 30.3 Å².